The van der Waals surface area contributed by atoms with Crippen molar-refractivity contribution in [3.8, 4) is 0 Å². The van der Waals surface area contributed by atoms with Crippen LogP contribution in [-0.2, 0) is 0 Å². The van der Waals surface area contributed by atoms with E-state index in [-0.39, 0.29) is 38.0 Å². The van der Waals surface area contributed by atoms with Gasteiger partial charge in [0.15, 0.2) is 0 Å². The van der Waals surface area contributed by atoms with Gasteiger partial charge in [-0.2, -0.15) is 0 Å². The average Bonchev–Trinajstić information content (AvgIpc) is 1.37. The molecule has 0 saturated carbocycles. The summed E-state index contributed by atoms with van der Waals surface area (Å²) in [5.74, 6) is 0. The Kier molecular flexibility index (Phi) is 47.7. The van der Waals surface area contributed by atoms with Crippen LogP contribution in [0.25, 0.3) is 0 Å². The second-order valence-electron chi connectivity index (χ2n) is 0.447. The lowest BCUT2D eigenvalue weighted by Gasteiger charge is -1.70. The predicted octanol–water partition coefficient (Wildman–Crippen LogP) is -0.185. The van der Waals surface area contributed by atoms with E-state index in [0.29, 0.717) is 0 Å². The summed E-state index contributed by atoms with van der Waals surface area (Å²) in [6.45, 7) is -0.250. The van der Waals surface area contributed by atoms with E-state index in [1.165, 1.54) is 0 Å². The number of aliphatic hydroxyl groups excluding tert-OH is 2. The minimum absolute atomic E-state index is 0. The molecule has 2 nitrogen and oxygen atoms in total. The van der Waals surface area contributed by atoms with Crippen LogP contribution in [0.3, 0.4) is 0 Å². The maximum Gasteiger partial charge on any atom is 0.0662 e. The lowest BCUT2D eigenvalue weighted by atomic mass is 10.8. The van der Waals surface area contributed by atoms with Crippen LogP contribution in [-0.4, -0.2) is 23.4 Å². The molecule has 42 valence electrons. The zero-order valence-electron chi connectivity index (χ0n) is 3.13. The largest absolute Gasteiger partial charge is 0.394 e. The summed E-state index contributed by atoms with van der Waals surface area (Å²) in [5, 5.41) is 15.2. The zero-order chi connectivity index (χ0) is 3.41. The summed E-state index contributed by atoms with van der Waals surface area (Å²) in [7, 11) is 0. The van der Waals surface area contributed by atoms with Gasteiger partial charge >= 0.3 is 0 Å². The normalized spacial score (nSPS) is 5.00. The minimum Gasteiger partial charge on any atom is -0.394 e. The SMILES string of the molecule is Cl.Cl.OCCO. The molecule has 0 atom stereocenters. The molecule has 0 aromatic carbocycles. The monoisotopic (exact) mass is 134 g/mol. The highest BCUT2D eigenvalue weighted by Crippen LogP contribution is 1.39. The molecule has 4 heteroatoms. The highest BCUT2D eigenvalue weighted by Gasteiger charge is 1.58. The summed E-state index contributed by atoms with van der Waals surface area (Å²) < 4.78 is 0. The quantitative estimate of drug-likeness (QED) is 0.523. The third-order valence-corrected chi connectivity index (χ3v) is 0.1000. The number of halogens is 2. The lowest BCUT2D eigenvalue weighted by molar-refractivity contribution is 0.186. The van der Waals surface area contributed by atoms with E-state index in [2.05, 4.69) is 0 Å². The molecule has 0 aromatic heterocycles. The van der Waals surface area contributed by atoms with Gasteiger partial charge in [-0.05, 0) is 0 Å². The van der Waals surface area contributed by atoms with E-state index in [0.717, 1.165) is 0 Å². The van der Waals surface area contributed by atoms with Crippen molar-refractivity contribution in [1.82, 2.24) is 0 Å². The van der Waals surface area contributed by atoms with Crippen LogP contribution in [0, 0.1) is 0 Å². The van der Waals surface area contributed by atoms with Crippen molar-refractivity contribution < 1.29 is 10.2 Å². The molecule has 0 rings (SSSR count). The summed E-state index contributed by atoms with van der Waals surface area (Å²) in [5.41, 5.74) is 0. The Morgan fingerprint density at radius 3 is 1.00 bits per heavy atom. The molecule has 0 bridgehead atoms. The Morgan fingerprint density at radius 1 is 0.833 bits per heavy atom. The summed E-state index contributed by atoms with van der Waals surface area (Å²) >= 11 is 0. The van der Waals surface area contributed by atoms with Crippen LogP contribution >= 0.6 is 24.8 Å². The van der Waals surface area contributed by atoms with Gasteiger partial charge in [0, 0.05) is 0 Å². The molecule has 0 aliphatic rings. The van der Waals surface area contributed by atoms with Gasteiger partial charge in [-0.25, -0.2) is 0 Å². The van der Waals surface area contributed by atoms with E-state index in [9.17, 15) is 0 Å². The van der Waals surface area contributed by atoms with Crippen molar-refractivity contribution in [3.05, 3.63) is 0 Å². The van der Waals surface area contributed by atoms with Crippen LogP contribution in [0.15, 0.2) is 0 Å². The first-order chi connectivity index (χ1) is 1.91. The molecule has 0 unspecified atom stereocenters. The topological polar surface area (TPSA) is 40.5 Å². The maximum absolute atomic E-state index is 7.62. The van der Waals surface area contributed by atoms with Crippen LogP contribution in [0.4, 0.5) is 0 Å². The third kappa shape index (κ3) is 24.5. The van der Waals surface area contributed by atoms with Crippen molar-refractivity contribution in [1.29, 1.82) is 0 Å². The highest BCUT2D eigenvalue weighted by atomic mass is 35.5. The fourth-order valence-electron chi connectivity index (χ4n) is 0. The molecule has 0 aliphatic heterocycles. The predicted molar refractivity (Wildman–Crippen MR) is 28.7 cm³/mol. The van der Waals surface area contributed by atoms with Crippen molar-refractivity contribution in [2.45, 2.75) is 0 Å². The molecule has 0 amide bonds. The van der Waals surface area contributed by atoms with Crippen LogP contribution < -0.4 is 0 Å². The molecule has 0 aromatic rings. The van der Waals surface area contributed by atoms with Gasteiger partial charge in [0.2, 0.25) is 0 Å². The Bertz CT molecular complexity index is 11.5. The minimum atomic E-state index is -0.125. The fourth-order valence-corrected chi connectivity index (χ4v) is 0. The highest BCUT2D eigenvalue weighted by molar-refractivity contribution is 5.85. The number of hydrogen-bond donors (Lipinski definition) is 2. The zero-order valence-corrected chi connectivity index (χ0v) is 4.76. The summed E-state index contributed by atoms with van der Waals surface area (Å²) in [6, 6.07) is 0. The molecular weight excluding hydrogens is 127 g/mol. The van der Waals surface area contributed by atoms with Crippen LogP contribution in [0.5, 0.6) is 0 Å². The Labute approximate surface area is 49.0 Å². The van der Waals surface area contributed by atoms with Crippen molar-refractivity contribution in [3.63, 3.8) is 0 Å². The van der Waals surface area contributed by atoms with Gasteiger partial charge in [-0.1, -0.05) is 0 Å². The first-order valence-corrected chi connectivity index (χ1v) is 1.13. The second kappa shape index (κ2) is 17.8. The van der Waals surface area contributed by atoms with Crippen LogP contribution in [0.2, 0.25) is 0 Å². The van der Waals surface area contributed by atoms with Crippen molar-refractivity contribution in [2.24, 2.45) is 0 Å². The number of aliphatic hydroxyl groups is 2. The molecule has 0 saturated heterocycles. The lowest BCUT2D eigenvalue weighted by Crippen LogP contribution is -1.85. The molecule has 6 heavy (non-hydrogen) atoms. The van der Waals surface area contributed by atoms with Gasteiger partial charge in [-0.3, -0.25) is 0 Å². The van der Waals surface area contributed by atoms with Crippen molar-refractivity contribution in [2.75, 3.05) is 13.2 Å². The van der Waals surface area contributed by atoms with E-state index >= 15 is 0 Å². The molecule has 0 spiro atoms. The van der Waals surface area contributed by atoms with E-state index in [1.807, 2.05) is 0 Å². The molecule has 0 fully saturated rings. The molecule has 0 radical (unpaired) electrons. The number of hydrogen-bond acceptors (Lipinski definition) is 2. The molecule has 0 heterocycles. The van der Waals surface area contributed by atoms with Gasteiger partial charge in [-0.15, -0.1) is 24.8 Å². The Morgan fingerprint density at radius 2 is 1.00 bits per heavy atom. The molecule has 0 aliphatic carbocycles. The number of rotatable bonds is 1. The van der Waals surface area contributed by atoms with E-state index in [4.69, 9.17) is 10.2 Å². The first-order valence-electron chi connectivity index (χ1n) is 1.13. The van der Waals surface area contributed by atoms with Crippen LogP contribution in [0.1, 0.15) is 0 Å². The average molecular weight is 135 g/mol. The maximum atomic E-state index is 7.62. The van der Waals surface area contributed by atoms with Gasteiger partial charge in [0.25, 0.3) is 0 Å². The standard InChI is InChI=1S/C2H6O2.2ClH/c3-1-2-4;;/h3-4H,1-2H2;2*1H. The smallest absolute Gasteiger partial charge is 0.0662 e. The Balaban J connectivity index is -0.0000000450. The molecule has 2 N–H and O–H groups in total. The van der Waals surface area contributed by atoms with E-state index in [1.54, 1.807) is 0 Å². The van der Waals surface area contributed by atoms with Crippen molar-refractivity contribution >= 4 is 24.8 Å². The second-order valence-corrected chi connectivity index (χ2v) is 0.447. The first kappa shape index (κ1) is 16.1. The summed E-state index contributed by atoms with van der Waals surface area (Å²) in [4.78, 5) is 0. The molecular formula is C2H8Cl2O2. The van der Waals surface area contributed by atoms with Gasteiger partial charge in [0.1, 0.15) is 0 Å². The van der Waals surface area contributed by atoms with E-state index < -0.39 is 0 Å². The van der Waals surface area contributed by atoms with Gasteiger partial charge < -0.3 is 10.2 Å². The van der Waals surface area contributed by atoms with Gasteiger partial charge in [0.05, 0.1) is 13.2 Å². The fraction of sp³-hybridized carbons (Fsp3) is 1.00. The third-order valence-electron chi connectivity index (χ3n) is 0.1000. The Hall–Kier alpha value is 0.500. The summed E-state index contributed by atoms with van der Waals surface area (Å²) in [6.07, 6.45) is 0.